The van der Waals surface area contributed by atoms with Crippen molar-refractivity contribution >= 4 is 5.91 Å². The Hall–Kier alpha value is -1.05. The van der Waals surface area contributed by atoms with Gasteiger partial charge in [-0.1, -0.05) is 30.2 Å². The van der Waals surface area contributed by atoms with Gasteiger partial charge in [0.15, 0.2) is 0 Å². The van der Waals surface area contributed by atoms with E-state index in [1.807, 2.05) is 6.92 Å². The number of carbonyl (C=O) groups is 1. The van der Waals surface area contributed by atoms with Crippen LogP contribution < -0.4 is 5.32 Å². The first-order valence-corrected chi connectivity index (χ1v) is 6.12. The largest absolute Gasteiger partial charge is 0.353 e. The molecule has 0 aromatic carbocycles. The van der Waals surface area contributed by atoms with Crippen LogP contribution in [0.2, 0.25) is 0 Å². The minimum Gasteiger partial charge on any atom is -0.353 e. The highest BCUT2D eigenvalue weighted by Gasteiger charge is 1.95. The minimum absolute atomic E-state index is 0.149. The number of allylic oxidation sites excluding steroid dienone is 3. The van der Waals surface area contributed by atoms with Gasteiger partial charge in [-0.2, -0.15) is 0 Å². The van der Waals surface area contributed by atoms with Crippen LogP contribution in [0.5, 0.6) is 0 Å². The third-order valence-electron chi connectivity index (χ3n) is 2.32. The zero-order valence-corrected chi connectivity index (χ0v) is 11.1. The second kappa shape index (κ2) is 9.20. The van der Waals surface area contributed by atoms with Crippen molar-refractivity contribution < 1.29 is 4.79 Å². The van der Waals surface area contributed by atoms with Crippen LogP contribution >= 0.6 is 0 Å². The summed E-state index contributed by atoms with van der Waals surface area (Å²) in [6, 6.07) is 0. The Labute approximate surface area is 99.8 Å². The van der Waals surface area contributed by atoms with Gasteiger partial charge in [-0.3, -0.25) is 4.79 Å². The molecule has 0 bridgehead atoms. The molecule has 0 spiro atoms. The van der Waals surface area contributed by atoms with Crippen molar-refractivity contribution in [1.29, 1.82) is 0 Å². The van der Waals surface area contributed by atoms with E-state index in [4.69, 9.17) is 0 Å². The summed E-state index contributed by atoms with van der Waals surface area (Å²) in [5, 5.41) is 2.88. The first-order chi connectivity index (χ1) is 7.56. The molecular weight excluding hydrogens is 198 g/mol. The van der Waals surface area contributed by atoms with Crippen LogP contribution in [-0.4, -0.2) is 12.5 Å². The monoisotopic (exact) mass is 223 g/mol. The summed E-state index contributed by atoms with van der Waals surface area (Å²) in [6.45, 7) is 9.03. The van der Waals surface area contributed by atoms with E-state index in [0.717, 1.165) is 19.3 Å². The molecule has 2 heteroatoms. The second-order valence-corrected chi connectivity index (χ2v) is 4.42. The van der Waals surface area contributed by atoms with Crippen LogP contribution in [0.15, 0.2) is 23.3 Å². The summed E-state index contributed by atoms with van der Waals surface area (Å²) in [5.74, 6) is 0.149. The quantitative estimate of drug-likeness (QED) is 0.656. The normalized spacial score (nSPS) is 11.1. The first-order valence-electron chi connectivity index (χ1n) is 6.12. The summed E-state index contributed by atoms with van der Waals surface area (Å²) >= 11 is 0. The maximum absolute atomic E-state index is 11.2. The van der Waals surface area contributed by atoms with E-state index in [9.17, 15) is 4.79 Å². The average molecular weight is 223 g/mol. The molecular formula is C14H25NO. The van der Waals surface area contributed by atoms with Gasteiger partial charge in [0.1, 0.15) is 0 Å². The molecule has 0 fully saturated rings. The summed E-state index contributed by atoms with van der Waals surface area (Å²) in [7, 11) is 0. The van der Waals surface area contributed by atoms with E-state index in [2.05, 4.69) is 38.2 Å². The van der Waals surface area contributed by atoms with Crippen LogP contribution in [0.25, 0.3) is 0 Å². The molecule has 1 N–H and O–H groups in total. The number of nitrogens with one attached hydrogen (secondary N) is 1. The predicted octanol–water partition coefficient (Wildman–Crippen LogP) is 3.60. The highest BCUT2D eigenvalue weighted by Crippen LogP contribution is 2.05. The van der Waals surface area contributed by atoms with Gasteiger partial charge in [-0.15, -0.1) is 0 Å². The Bertz CT molecular complexity index is 260. The van der Waals surface area contributed by atoms with Crippen molar-refractivity contribution in [2.24, 2.45) is 0 Å². The molecule has 0 aromatic heterocycles. The molecule has 1 amide bonds. The van der Waals surface area contributed by atoms with E-state index in [1.54, 1.807) is 0 Å². The molecule has 0 saturated heterocycles. The summed E-state index contributed by atoms with van der Waals surface area (Å²) in [5.41, 5.74) is 2.71. The van der Waals surface area contributed by atoms with Crippen LogP contribution in [0, 0.1) is 0 Å². The highest BCUT2D eigenvalue weighted by molar-refractivity contribution is 5.75. The van der Waals surface area contributed by atoms with Crippen molar-refractivity contribution in [3.8, 4) is 0 Å². The molecule has 0 radical (unpaired) electrons. The van der Waals surface area contributed by atoms with Crippen molar-refractivity contribution in [3.63, 3.8) is 0 Å². The highest BCUT2D eigenvalue weighted by atomic mass is 16.1. The molecule has 0 saturated carbocycles. The average Bonchev–Trinajstić information content (AvgIpc) is 2.17. The lowest BCUT2D eigenvalue weighted by Crippen LogP contribution is -2.22. The first kappa shape index (κ1) is 14.9. The number of rotatable bonds is 7. The molecule has 0 rings (SSSR count). The fraction of sp³-hybridized carbons (Fsp3) is 0.643. The zero-order chi connectivity index (χ0) is 12.4. The van der Waals surface area contributed by atoms with Crippen LogP contribution in [-0.2, 0) is 4.79 Å². The van der Waals surface area contributed by atoms with Gasteiger partial charge in [0, 0.05) is 13.0 Å². The summed E-state index contributed by atoms with van der Waals surface area (Å²) < 4.78 is 0. The molecule has 16 heavy (non-hydrogen) atoms. The van der Waals surface area contributed by atoms with Gasteiger partial charge in [0.2, 0.25) is 5.91 Å². The van der Waals surface area contributed by atoms with Crippen molar-refractivity contribution in [2.75, 3.05) is 6.54 Å². The van der Waals surface area contributed by atoms with E-state index in [0.29, 0.717) is 13.0 Å². The lowest BCUT2D eigenvalue weighted by atomic mass is 10.1. The Morgan fingerprint density at radius 2 is 1.81 bits per heavy atom. The van der Waals surface area contributed by atoms with E-state index >= 15 is 0 Å². The second-order valence-electron chi connectivity index (χ2n) is 4.42. The third kappa shape index (κ3) is 9.50. The Morgan fingerprint density at radius 1 is 1.12 bits per heavy atom. The molecule has 0 aliphatic rings. The maximum Gasteiger partial charge on any atom is 0.220 e. The van der Waals surface area contributed by atoms with Crippen molar-refractivity contribution in [1.82, 2.24) is 5.32 Å². The predicted molar refractivity (Wildman–Crippen MR) is 70.3 cm³/mol. The van der Waals surface area contributed by atoms with E-state index < -0.39 is 0 Å². The third-order valence-corrected chi connectivity index (χ3v) is 2.32. The van der Waals surface area contributed by atoms with Gasteiger partial charge >= 0.3 is 0 Å². The molecule has 0 aliphatic heterocycles. The topological polar surface area (TPSA) is 29.1 Å². The fourth-order valence-electron chi connectivity index (χ4n) is 1.35. The van der Waals surface area contributed by atoms with Gasteiger partial charge < -0.3 is 5.32 Å². The fourth-order valence-corrected chi connectivity index (χ4v) is 1.35. The van der Waals surface area contributed by atoms with Gasteiger partial charge in [0.05, 0.1) is 0 Å². The van der Waals surface area contributed by atoms with Gasteiger partial charge in [-0.05, 0) is 40.0 Å². The summed E-state index contributed by atoms with van der Waals surface area (Å²) in [6.07, 6.45) is 8.06. The van der Waals surface area contributed by atoms with Crippen LogP contribution in [0.4, 0.5) is 0 Å². The Kier molecular flexibility index (Phi) is 8.59. The van der Waals surface area contributed by atoms with Gasteiger partial charge in [-0.25, -0.2) is 0 Å². The molecule has 0 aromatic rings. The molecule has 0 heterocycles. The number of carbonyl (C=O) groups excluding carboxylic acids is 1. The Balaban J connectivity index is 3.70. The summed E-state index contributed by atoms with van der Waals surface area (Å²) in [4.78, 5) is 11.2. The zero-order valence-electron chi connectivity index (χ0n) is 11.1. The van der Waals surface area contributed by atoms with Crippen LogP contribution in [0.3, 0.4) is 0 Å². The van der Waals surface area contributed by atoms with Crippen molar-refractivity contribution in [3.05, 3.63) is 23.3 Å². The van der Waals surface area contributed by atoms with E-state index in [-0.39, 0.29) is 5.91 Å². The van der Waals surface area contributed by atoms with Crippen molar-refractivity contribution in [2.45, 2.75) is 53.4 Å². The molecule has 0 atom stereocenters. The smallest absolute Gasteiger partial charge is 0.220 e. The molecule has 92 valence electrons. The standard InChI is InChI=1S/C14H25NO/c1-5-7-14(16)15-11-10-13(4)9-6-8-12(2)3/h8,10H,5-7,9,11H2,1-4H3,(H,15,16)/b13-10-. The maximum atomic E-state index is 11.2. The number of amides is 1. The lowest BCUT2D eigenvalue weighted by molar-refractivity contribution is -0.120. The number of hydrogen-bond donors (Lipinski definition) is 1. The van der Waals surface area contributed by atoms with E-state index in [1.165, 1.54) is 11.1 Å². The number of hydrogen-bond acceptors (Lipinski definition) is 1. The minimum atomic E-state index is 0.149. The Morgan fingerprint density at radius 3 is 2.38 bits per heavy atom. The lowest BCUT2D eigenvalue weighted by Gasteiger charge is -2.02. The molecule has 2 nitrogen and oxygen atoms in total. The molecule has 0 unspecified atom stereocenters. The van der Waals surface area contributed by atoms with Crippen LogP contribution in [0.1, 0.15) is 53.4 Å². The molecule has 0 aliphatic carbocycles. The SMILES string of the molecule is CCCC(=O)NC/C=C(/C)CCC=C(C)C. The van der Waals surface area contributed by atoms with Gasteiger partial charge in [0.25, 0.3) is 0 Å².